The molecule has 0 aliphatic carbocycles. The van der Waals surface area contributed by atoms with Gasteiger partial charge in [0.2, 0.25) is 0 Å². The van der Waals surface area contributed by atoms with Crippen LogP contribution < -0.4 is 9.47 Å². The molecule has 2 aliphatic rings. The maximum atomic E-state index is 5.94. The molecule has 6 heteroatoms. The minimum atomic E-state index is 0.553. The molecule has 26 heavy (non-hydrogen) atoms. The van der Waals surface area contributed by atoms with Gasteiger partial charge in [-0.05, 0) is 30.3 Å². The zero-order valence-corrected chi connectivity index (χ0v) is 14.4. The summed E-state index contributed by atoms with van der Waals surface area (Å²) in [5, 5.41) is 0. The Balaban J connectivity index is 1.32. The second kappa shape index (κ2) is 6.55. The maximum absolute atomic E-state index is 5.94. The molecule has 6 nitrogen and oxygen atoms in total. The number of furan rings is 2. The van der Waals surface area contributed by atoms with Crippen molar-refractivity contribution in [2.24, 2.45) is 0 Å². The zero-order chi connectivity index (χ0) is 17.3. The van der Waals surface area contributed by atoms with Gasteiger partial charge in [0.25, 0.3) is 0 Å². The lowest BCUT2D eigenvalue weighted by Crippen LogP contribution is -2.33. The van der Waals surface area contributed by atoms with Crippen LogP contribution in [-0.4, -0.2) is 23.3 Å². The van der Waals surface area contributed by atoms with E-state index in [4.69, 9.17) is 18.3 Å². The summed E-state index contributed by atoms with van der Waals surface area (Å²) in [4.78, 5) is 4.44. The van der Waals surface area contributed by atoms with Crippen LogP contribution in [0.15, 0.2) is 57.8 Å². The van der Waals surface area contributed by atoms with Crippen LogP contribution in [0.25, 0.3) is 0 Å². The molecule has 3 aromatic rings. The van der Waals surface area contributed by atoms with Crippen LogP contribution in [-0.2, 0) is 26.2 Å². The van der Waals surface area contributed by atoms with Gasteiger partial charge in [-0.3, -0.25) is 9.80 Å². The molecule has 0 N–H and O–H groups in total. The summed E-state index contributed by atoms with van der Waals surface area (Å²) < 4.78 is 22.8. The summed E-state index contributed by atoms with van der Waals surface area (Å²) >= 11 is 0. The standard InChI is InChI=1S/C20H20N2O4/c1-3-17(23-5-1)11-21-9-15-7-16-10-22(12-18-4-2-6-24-18)14-26-20(16)8-19(15)25-13-21/h1-8H,9-14H2. The summed E-state index contributed by atoms with van der Waals surface area (Å²) in [6.07, 6.45) is 3.41. The lowest BCUT2D eigenvalue weighted by atomic mass is 10.1. The van der Waals surface area contributed by atoms with Crippen molar-refractivity contribution in [2.75, 3.05) is 13.5 Å². The van der Waals surface area contributed by atoms with Crippen LogP contribution >= 0.6 is 0 Å². The van der Waals surface area contributed by atoms with E-state index in [0.717, 1.165) is 49.2 Å². The minimum Gasteiger partial charge on any atom is -0.478 e. The summed E-state index contributed by atoms with van der Waals surface area (Å²) in [5.41, 5.74) is 2.37. The largest absolute Gasteiger partial charge is 0.478 e. The molecule has 0 fully saturated rings. The number of ether oxygens (including phenoxy) is 2. The van der Waals surface area contributed by atoms with Crippen molar-refractivity contribution in [3.8, 4) is 11.5 Å². The van der Waals surface area contributed by atoms with E-state index in [1.165, 1.54) is 11.1 Å². The van der Waals surface area contributed by atoms with Crippen LogP contribution in [0.3, 0.4) is 0 Å². The molecule has 134 valence electrons. The van der Waals surface area contributed by atoms with Gasteiger partial charge in [0.15, 0.2) is 0 Å². The van der Waals surface area contributed by atoms with E-state index in [0.29, 0.717) is 13.5 Å². The second-order valence-electron chi connectivity index (χ2n) is 6.75. The van der Waals surface area contributed by atoms with E-state index < -0.39 is 0 Å². The molecule has 2 aliphatic heterocycles. The Morgan fingerprint density at radius 3 is 1.73 bits per heavy atom. The molecule has 1 aromatic carbocycles. The number of hydrogen-bond donors (Lipinski definition) is 0. The van der Waals surface area contributed by atoms with Crippen molar-refractivity contribution in [3.63, 3.8) is 0 Å². The van der Waals surface area contributed by atoms with E-state index in [9.17, 15) is 0 Å². The molecule has 0 saturated heterocycles. The Bertz CT molecular complexity index is 804. The molecule has 5 rings (SSSR count). The number of nitrogens with zero attached hydrogens (tertiary/aromatic N) is 2. The van der Waals surface area contributed by atoms with Gasteiger partial charge >= 0.3 is 0 Å². The topological polar surface area (TPSA) is 51.2 Å². The van der Waals surface area contributed by atoms with Gasteiger partial charge in [0.1, 0.15) is 36.5 Å². The van der Waals surface area contributed by atoms with Gasteiger partial charge in [-0.15, -0.1) is 0 Å². The number of benzene rings is 1. The fourth-order valence-electron chi connectivity index (χ4n) is 3.52. The first-order valence-electron chi connectivity index (χ1n) is 8.74. The van der Waals surface area contributed by atoms with Gasteiger partial charge in [0, 0.05) is 30.3 Å². The van der Waals surface area contributed by atoms with Gasteiger partial charge < -0.3 is 18.3 Å². The third-order valence-corrected chi connectivity index (χ3v) is 4.76. The molecule has 0 bridgehead atoms. The zero-order valence-electron chi connectivity index (χ0n) is 14.4. The van der Waals surface area contributed by atoms with Crippen LogP contribution in [0.1, 0.15) is 22.6 Å². The molecular formula is C20H20N2O4. The SMILES string of the molecule is c1coc(CN2COc3cc4c(cc3C2)CN(Cc2ccco2)CO4)c1. The molecule has 0 saturated carbocycles. The molecule has 4 heterocycles. The van der Waals surface area contributed by atoms with Crippen molar-refractivity contribution in [3.05, 3.63) is 71.6 Å². The van der Waals surface area contributed by atoms with Crippen molar-refractivity contribution in [1.29, 1.82) is 0 Å². The van der Waals surface area contributed by atoms with Gasteiger partial charge in [0.05, 0.1) is 25.6 Å². The molecule has 0 radical (unpaired) electrons. The highest BCUT2D eigenvalue weighted by Gasteiger charge is 2.24. The summed E-state index contributed by atoms with van der Waals surface area (Å²) in [6.45, 7) is 4.26. The summed E-state index contributed by atoms with van der Waals surface area (Å²) in [6, 6.07) is 12.0. The van der Waals surface area contributed by atoms with Gasteiger partial charge in [-0.1, -0.05) is 0 Å². The van der Waals surface area contributed by atoms with Crippen LogP contribution in [0.5, 0.6) is 11.5 Å². The number of rotatable bonds is 4. The van der Waals surface area contributed by atoms with Crippen molar-refractivity contribution in [2.45, 2.75) is 26.2 Å². The van der Waals surface area contributed by atoms with Crippen LogP contribution in [0.2, 0.25) is 0 Å². The number of hydrogen-bond acceptors (Lipinski definition) is 6. The monoisotopic (exact) mass is 352 g/mol. The van der Waals surface area contributed by atoms with E-state index in [-0.39, 0.29) is 0 Å². The fourth-order valence-corrected chi connectivity index (χ4v) is 3.52. The van der Waals surface area contributed by atoms with Crippen LogP contribution in [0.4, 0.5) is 0 Å². The lowest BCUT2D eigenvalue weighted by molar-refractivity contribution is 0.0721. The molecule has 0 atom stereocenters. The van der Waals surface area contributed by atoms with Crippen molar-refractivity contribution < 1.29 is 18.3 Å². The van der Waals surface area contributed by atoms with Gasteiger partial charge in [-0.2, -0.15) is 0 Å². The van der Waals surface area contributed by atoms with E-state index >= 15 is 0 Å². The quantitative estimate of drug-likeness (QED) is 0.715. The summed E-state index contributed by atoms with van der Waals surface area (Å²) in [5.74, 6) is 3.73. The average Bonchev–Trinajstić information content (AvgIpc) is 3.34. The van der Waals surface area contributed by atoms with E-state index in [2.05, 4.69) is 15.9 Å². The molecular weight excluding hydrogens is 332 g/mol. The Kier molecular flexibility index (Phi) is 3.92. The predicted octanol–water partition coefficient (Wildman–Crippen LogP) is 3.58. The minimum absolute atomic E-state index is 0.553. The first kappa shape index (κ1) is 15.5. The highest BCUT2D eigenvalue weighted by molar-refractivity contribution is 5.48. The first-order valence-corrected chi connectivity index (χ1v) is 8.74. The highest BCUT2D eigenvalue weighted by Crippen LogP contribution is 2.35. The lowest BCUT2D eigenvalue weighted by Gasteiger charge is -2.32. The average molecular weight is 352 g/mol. The smallest absolute Gasteiger partial charge is 0.142 e. The fraction of sp³-hybridized carbons (Fsp3) is 0.300. The molecule has 0 amide bonds. The highest BCUT2D eigenvalue weighted by atomic mass is 16.5. The Hall–Kier alpha value is -2.70. The third kappa shape index (κ3) is 3.09. The third-order valence-electron chi connectivity index (χ3n) is 4.76. The van der Waals surface area contributed by atoms with Gasteiger partial charge in [-0.25, -0.2) is 0 Å². The first-order chi connectivity index (χ1) is 12.8. The summed E-state index contributed by atoms with van der Waals surface area (Å²) in [7, 11) is 0. The Morgan fingerprint density at radius 1 is 0.731 bits per heavy atom. The predicted molar refractivity (Wildman–Crippen MR) is 93.3 cm³/mol. The van der Waals surface area contributed by atoms with Crippen molar-refractivity contribution >= 4 is 0 Å². The van der Waals surface area contributed by atoms with Crippen molar-refractivity contribution in [1.82, 2.24) is 9.80 Å². The molecule has 0 unspecified atom stereocenters. The number of fused-ring (bicyclic) bond motifs is 2. The second-order valence-corrected chi connectivity index (χ2v) is 6.75. The molecule has 2 aromatic heterocycles. The van der Waals surface area contributed by atoms with E-state index in [1.807, 2.05) is 30.3 Å². The van der Waals surface area contributed by atoms with E-state index in [1.54, 1.807) is 12.5 Å². The van der Waals surface area contributed by atoms with Crippen LogP contribution in [0, 0.1) is 0 Å². The normalized spacial score (nSPS) is 17.2. The molecule has 0 spiro atoms. The Labute approximate surface area is 151 Å². The maximum Gasteiger partial charge on any atom is 0.142 e. The Morgan fingerprint density at radius 2 is 1.27 bits per heavy atom.